The van der Waals surface area contributed by atoms with E-state index in [9.17, 15) is 8.42 Å². The molecule has 0 fully saturated rings. The quantitative estimate of drug-likeness (QED) is 0.522. The summed E-state index contributed by atoms with van der Waals surface area (Å²) in [5.74, 6) is 0.808. The van der Waals surface area contributed by atoms with Crippen LogP contribution in [0.4, 0.5) is 0 Å². The van der Waals surface area contributed by atoms with Crippen LogP contribution in [0.1, 0.15) is 5.56 Å². The lowest BCUT2D eigenvalue weighted by molar-refractivity contribution is 0.363. The van der Waals surface area contributed by atoms with Crippen LogP contribution < -0.4 is 14.8 Å². The van der Waals surface area contributed by atoms with Gasteiger partial charge in [-0.2, -0.15) is 0 Å². The molecule has 0 bridgehead atoms. The molecular weight excluding hydrogens is 264 g/mol. The number of benzene rings is 1. The zero-order valence-corrected chi connectivity index (χ0v) is 11.9. The Balaban J connectivity index is 2.24. The van der Waals surface area contributed by atoms with Crippen molar-refractivity contribution in [2.75, 3.05) is 26.0 Å². The molecule has 0 unspecified atom stereocenters. The highest BCUT2D eigenvalue weighted by molar-refractivity contribution is 7.88. The Morgan fingerprint density at radius 3 is 2.53 bits per heavy atom. The van der Waals surface area contributed by atoms with Gasteiger partial charge in [-0.3, -0.25) is 0 Å². The van der Waals surface area contributed by atoms with Crippen molar-refractivity contribution < 1.29 is 13.2 Å². The normalized spacial score (nSPS) is 11.2. The molecule has 0 saturated carbocycles. The Hall–Kier alpha value is -1.37. The molecule has 1 aromatic carbocycles. The number of hydrogen-bond acceptors (Lipinski definition) is 4. The summed E-state index contributed by atoms with van der Waals surface area (Å²) >= 11 is 0. The fraction of sp³-hybridized carbons (Fsp3) is 0.385. The smallest absolute Gasteiger partial charge is 0.208 e. The number of ether oxygens (including phenoxy) is 1. The standard InChI is InChI=1S/C13H20N2O3S/c1-3-10-18-13-6-4-12(5-7-13)11-14-8-9-15-19(2,16)17/h3-7,14-15H,1,8-11H2,2H3. The summed E-state index contributed by atoms with van der Waals surface area (Å²) in [6.45, 7) is 5.74. The third-order valence-electron chi connectivity index (χ3n) is 2.29. The monoisotopic (exact) mass is 284 g/mol. The molecule has 106 valence electrons. The van der Waals surface area contributed by atoms with Gasteiger partial charge in [0, 0.05) is 19.6 Å². The van der Waals surface area contributed by atoms with Crippen LogP contribution in [-0.4, -0.2) is 34.4 Å². The van der Waals surface area contributed by atoms with Gasteiger partial charge in [0.15, 0.2) is 0 Å². The van der Waals surface area contributed by atoms with Crippen LogP contribution in [0.5, 0.6) is 5.75 Å². The maximum absolute atomic E-state index is 10.8. The van der Waals surface area contributed by atoms with Crippen molar-refractivity contribution in [3.05, 3.63) is 42.5 Å². The zero-order valence-electron chi connectivity index (χ0n) is 11.1. The maximum atomic E-state index is 10.8. The highest BCUT2D eigenvalue weighted by Gasteiger charge is 1.99. The Labute approximate surface area is 114 Å². The molecule has 19 heavy (non-hydrogen) atoms. The molecule has 1 rings (SSSR count). The summed E-state index contributed by atoms with van der Waals surface area (Å²) in [4.78, 5) is 0. The van der Waals surface area contributed by atoms with E-state index in [0.29, 0.717) is 26.2 Å². The first-order valence-electron chi connectivity index (χ1n) is 5.99. The van der Waals surface area contributed by atoms with Gasteiger partial charge in [-0.1, -0.05) is 24.8 Å². The second-order valence-corrected chi connectivity index (χ2v) is 5.92. The van der Waals surface area contributed by atoms with Gasteiger partial charge in [-0.25, -0.2) is 13.1 Å². The molecule has 0 atom stereocenters. The van der Waals surface area contributed by atoms with Gasteiger partial charge in [0.25, 0.3) is 0 Å². The summed E-state index contributed by atoms with van der Waals surface area (Å²) < 4.78 is 29.5. The molecule has 6 heteroatoms. The maximum Gasteiger partial charge on any atom is 0.208 e. The Morgan fingerprint density at radius 1 is 1.26 bits per heavy atom. The average molecular weight is 284 g/mol. The molecular formula is C13H20N2O3S. The predicted molar refractivity (Wildman–Crippen MR) is 76.7 cm³/mol. The van der Waals surface area contributed by atoms with Crippen molar-refractivity contribution >= 4 is 10.0 Å². The average Bonchev–Trinajstić information content (AvgIpc) is 2.36. The van der Waals surface area contributed by atoms with Gasteiger partial charge >= 0.3 is 0 Å². The van der Waals surface area contributed by atoms with Gasteiger partial charge < -0.3 is 10.1 Å². The second kappa shape index (κ2) is 7.93. The lowest BCUT2D eigenvalue weighted by Crippen LogP contribution is -2.30. The van der Waals surface area contributed by atoms with E-state index in [-0.39, 0.29) is 0 Å². The Kier molecular flexibility index (Phi) is 6.55. The fourth-order valence-corrected chi connectivity index (χ4v) is 1.89. The summed E-state index contributed by atoms with van der Waals surface area (Å²) in [7, 11) is -3.10. The van der Waals surface area contributed by atoms with Gasteiger partial charge in [0.05, 0.1) is 6.26 Å². The first-order valence-corrected chi connectivity index (χ1v) is 7.88. The van der Waals surface area contributed by atoms with E-state index in [1.165, 1.54) is 0 Å². The number of hydrogen-bond donors (Lipinski definition) is 2. The van der Waals surface area contributed by atoms with Gasteiger partial charge in [0.1, 0.15) is 12.4 Å². The molecule has 5 nitrogen and oxygen atoms in total. The molecule has 0 aliphatic heterocycles. The third kappa shape index (κ3) is 7.61. The van der Waals surface area contributed by atoms with Crippen molar-refractivity contribution in [2.45, 2.75) is 6.54 Å². The van der Waals surface area contributed by atoms with Crippen molar-refractivity contribution in [3.8, 4) is 5.75 Å². The highest BCUT2D eigenvalue weighted by Crippen LogP contribution is 2.11. The molecule has 0 radical (unpaired) electrons. The summed E-state index contributed by atoms with van der Waals surface area (Å²) in [5.41, 5.74) is 1.12. The van der Waals surface area contributed by atoms with Crippen molar-refractivity contribution in [3.63, 3.8) is 0 Å². The molecule has 0 aliphatic carbocycles. The molecule has 0 saturated heterocycles. The van der Waals surface area contributed by atoms with Gasteiger partial charge in [0.2, 0.25) is 10.0 Å². The molecule has 2 N–H and O–H groups in total. The SMILES string of the molecule is C=CCOc1ccc(CNCCNS(C)(=O)=O)cc1. The molecule has 0 amide bonds. The van der Waals surface area contributed by atoms with Crippen LogP contribution in [0, 0.1) is 0 Å². The summed E-state index contributed by atoms with van der Waals surface area (Å²) in [5, 5.41) is 3.15. The van der Waals surface area contributed by atoms with Crippen LogP contribution >= 0.6 is 0 Å². The minimum Gasteiger partial charge on any atom is -0.490 e. The van der Waals surface area contributed by atoms with Crippen LogP contribution in [0.3, 0.4) is 0 Å². The van der Waals surface area contributed by atoms with E-state index in [0.717, 1.165) is 17.6 Å². The van der Waals surface area contributed by atoms with E-state index in [1.807, 2.05) is 24.3 Å². The van der Waals surface area contributed by atoms with Gasteiger partial charge in [-0.15, -0.1) is 0 Å². The zero-order chi connectivity index (χ0) is 14.1. The largest absolute Gasteiger partial charge is 0.490 e. The summed E-state index contributed by atoms with van der Waals surface area (Å²) in [6, 6.07) is 7.73. The van der Waals surface area contributed by atoms with E-state index in [2.05, 4.69) is 16.6 Å². The lowest BCUT2D eigenvalue weighted by atomic mass is 10.2. The number of sulfonamides is 1. The van der Waals surface area contributed by atoms with Crippen LogP contribution in [0.25, 0.3) is 0 Å². The summed E-state index contributed by atoms with van der Waals surface area (Å²) in [6.07, 6.45) is 2.85. The lowest BCUT2D eigenvalue weighted by Gasteiger charge is -2.07. The van der Waals surface area contributed by atoms with E-state index in [4.69, 9.17) is 4.74 Å². The molecule has 0 heterocycles. The number of nitrogens with one attached hydrogen (secondary N) is 2. The van der Waals surface area contributed by atoms with Crippen molar-refractivity contribution in [1.82, 2.24) is 10.0 Å². The first-order chi connectivity index (χ1) is 9.01. The van der Waals surface area contributed by atoms with E-state index < -0.39 is 10.0 Å². The van der Waals surface area contributed by atoms with Crippen LogP contribution in [-0.2, 0) is 16.6 Å². The first kappa shape index (κ1) is 15.7. The minimum absolute atomic E-state index is 0.388. The Bertz CT molecular complexity index is 483. The molecule has 0 aromatic heterocycles. The molecule has 0 spiro atoms. The van der Waals surface area contributed by atoms with E-state index in [1.54, 1.807) is 6.08 Å². The second-order valence-electron chi connectivity index (χ2n) is 4.09. The van der Waals surface area contributed by atoms with E-state index >= 15 is 0 Å². The van der Waals surface area contributed by atoms with Crippen LogP contribution in [0.2, 0.25) is 0 Å². The topological polar surface area (TPSA) is 67.4 Å². The minimum atomic E-state index is -3.10. The van der Waals surface area contributed by atoms with Crippen molar-refractivity contribution in [1.29, 1.82) is 0 Å². The fourth-order valence-electron chi connectivity index (χ4n) is 1.42. The molecule has 0 aliphatic rings. The van der Waals surface area contributed by atoms with Gasteiger partial charge in [-0.05, 0) is 17.7 Å². The van der Waals surface area contributed by atoms with Crippen LogP contribution in [0.15, 0.2) is 36.9 Å². The number of rotatable bonds is 9. The third-order valence-corrected chi connectivity index (χ3v) is 3.01. The highest BCUT2D eigenvalue weighted by atomic mass is 32.2. The molecule has 1 aromatic rings. The van der Waals surface area contributed by atoms with Crippen molar-refractivity contribution in [2.24, 2.45) is 0 Å². The predicted octanol–water partition coefficient (Wildman–Crippen LogP) is 0.890. The Morgan fingerprint density at radius 2 is 1.95 bits per heavy atom.